The molecule has 1 aliphatic carbocycles. The van der Waals surface area contributed by atoms with Gasteiger partial charge in [0.25, 0.3) is 0 Å². The number of likely N-dealkylation sites (N-methyl/N-ethyl adjacent to an activating group) is 1. The zero-order valence-electron chi connectivity index (χ0n) is 19.1. The van der Waals surface area contributed by atoms with E-state index < -0.39 is 11.8 Å². The van der Waals surface area contributed by atoms with Gasteiger partial charge in [0, 0.05) is 18.0 Å². The molecule has 1 aromatic carbocycles. The molecule has 9 heteroatoms. The molecule has 8 nitrogen and oxygen atoms in total. The zero-order chi connectivity index (χ0) is 23.3. The average molecular weight is 475 g/mol. The number of carbonyl (C=O) groups is 1. The Morgan fingerprint density at radius 2 is 2.06 bits per heavy atom. The van der Waals surface area contributed by atoms with Gasteiger partial charge >= 0.3 is 0 Å². The summed E-state index contributed by atoms with van der Waals surface area (Å²) in [7, 11) is 0. The topological polar surface area (TPSA) is 89.2 Å². The van der Waals surface area contributed by atoms with Gasteiger partial charge in [-0.3, -0.25) is 9.69 Å². The number of halogens is 1. The number of aliphatic imine (C=N–C) groups is 1. The summed E-state index contributed by atoms with van der Waals surface area (Å²) in [4.78, 5) is 26.8. The summed E-state index contributed by atoms with van der Waals surface area (Å²) < 4.78 is 12.8. The number of nitrogens with one attached hydrogen (secondary N) is 1. The average Bonchev–Trinajstić information content (AvgIpc) is 3.55. The fourth-order valence-corrected chi connectivity index (χ4v) is 5.05. The Balaban J connectivity index is 1.70. The van der Waals surface area contributed by atoms with Gasteiger partial charge in [-0.15, -0.1) is 0 Å². The van der Waals surface area contributed by atoms with Crippen molar-refractivity contribution >= 4 is 23.7 Å². The molecule has 33 heavy (non-hydrogen) atoms. The van der Waals surface area contributed by atoms with Crippen molar-refractivity contribution in [1.29, 1.82) is 0 Å². The minimum absolute atomic E-state index is 0.292. The molecule has 1 aliphatic heterocycles. The van der Waals surface area contributed by atoms with Crippen LogP contribution in [0.2, 0.25) is 5.02 Å². The Kier molecular flexibility index (Phi) is 7.67. The maximum absolute atomic E-state index is 10.9. The lowest BCUT2D eigenvalue weighted by molar-refractivity contribution is -0.118. The Morgan fingerprint density at radius 3 is 2.67 bits per heavy atom. The highest BCUT2D eigenvalue weighted by molar-refractivity contribution is 6.34. The molecule has 1 fully saturated rings. The molecule has 0 amide bonds. The third kappa shape index (κ3) is 5.08. The molecule has 0 bridgehead atoms. The monoisotopic (exact) mass is 474 g/mol. The molecule has 1 N–H and O–H groups in total. The summed E-state index contributed by atoms with van der Waals surface area (Å²) in [6, 6.07) is 5.48. The van der Waals surface area contributed by atoms with E-state index in [-0.39, 0.29) is 0 Å². The van der Waals surface area contributed by atoms with Gasteiger partial charge in [0.2, 0.25) is 6.23 Å². The van der Waals surface area contributed by atoms with Crippen molar-refractivity contribution in [2.45, 2.75) is 57.8 Å². The molecule has 2 atom stereocenters. The first kappa shape index (κ1) is 23.7. The summed E-state index contributed by atoms with van der Waals surface area (Å²) in [6.45, 7) is 6.83. The van der Waals surface area contributed by atoms with Gasteiger partial charge in [0.15, 0.2) is 29.9 Å². The number of nitrogens with zero attached hydrogens (tertiary/aromatic N) is 3. The lowest BCUT2D eigenvalue weighted by Crippen LogP contribution is -2.50. The number of aromatic nitrogens is 1. The summed E-state index contributed by atoms with van der Waals surface area (Å²) in [5.74, 6) is 2.09. The number of hydrogen-bond donors (Lipinski definition) is 1. The van der Waals surface area contributed by atoms with Crippen molar-refractivity contribution < 1.29 is 18.8 Å². The number of aldehydes is 1. The van der Waals surface area contributed by atoms with Gasteiger partial charge in [-0.25, -0.2) is 20.3 Å². The van der Waals surface area contributed by atoms with Crippen molar-refractivity contribution in [2.75, 3.05) is 19.6 Å². The number of rotatable bonds is 10. The SMILES string of the molecule is CCN(CC)CC(Oc1ccc(C2=NC(C=O)ON2)c(Cl)c1)(c1cnco1)C1CCCCC1. The fourth-order valence-electron chi connectivity index (χ4n) is 4.79. The first-order valence-electron chi connectivity index (χ1n) is 11.6. The van der Waals surface area contributed by atoms with E-state index in [1.807, 2.05) is 12.1 Å². The predicted octanol–water partition coefficient (Wildman–Crippen LogP) is 4.33. The predicted molar refractivity (Wildman–Crippen MR) is 125 cm³/mol. The van der Waals surface area contributed by atoms with Crippen molar-refractivity contribution in [3.05, 3.63) is 47.1 Å². The molecule has 2 heterocycles. The van der Waals surface area contributed by atoms with Crippen LogP contribution in [0.4, 0.5) is 0 Å². The van der Waals surface area contributed by atoms with Crippen molar-refractivity contribution in [3.63, 3.8) is 0 Å². The first-order chi connectivity index (χ1) is 16.1. The van der Waals surface area contributed by atoms with Gasteiger partial charge in [-0.1, -0.05) is 44.7 Å². The van der Waals surface area contributed by atoms with Crippen LogP contribution in [-0.4, -0.2) is 47.9 Å². The van der Waals surface area contributed by atoms with Crippen LogP contribution in [0.25, 0.3) is 0 Å². The highest BCUT2D eigenvalue weighted by Gasteiger charge is 2.47. The van der Waals surface area contributed by atoms with Gasteiger partial charge < -0.3 is 9.15 Å². The number of hydroxylamine groups is 1. The summed E-state index contributed by atoms with van der Waals surface area (Å²) in [5.41, 5.74) is 2.62. The Bertz CT molecular complexity index is 957. The Morgan fingerprint density at radius 1 is 1.27 bits per heavy atom. The van der Waals surface area contributed by atoms with Crippen LogP contribution in [0.1, 0.15) is 57.3 Å². The van der Waals surface area contributed by atoms with Crippen LogP contribution in [0.15, 0.2) is 40.2 Å². The van der Waals surface area contributed by atoms with Crippen LogP contribution < -0.4 is 10.2 Å². The minimum Gasteiger partial charge on any atom is -0.478 e. The van der Waals surface area contributed by atoms with Crippen molar-refractivity contribution in [2.24, 2.45) is 10.9 Å². The van der Waals surface area contributed by atoms with Crippen LogP contribution in [0.3, 0.4) is 0 Å². The number of ether oxygens (including phenoxy) is 1. The van der Waals surface area contributed by atoms with Crippen LogP contribution in [-0.2, 0) is 15.2 Å². The van der Waals surface area contributed by atoms with E-state index in [1.165, 1.54) is 25.7 Å². The second-order valence-corrected chi connectivity index (χ2v) is 8.93. The zero-order valence-corrected chi connectivity index (χ0v) is 19.9. The molecule has 1 saturated carbocycles. The molecule has 2 aliphatic rings. The molecule has 0 radical (unpaired) electrons. The van der Waals surface area contributed by atoms with E-state index in [0.29, 0.717) is 40.9 Å². The highest BCUT2D eigenvalue weighted by Crippen LogP contribution is 2.44. The van der Waals surface area contributed by atoms with Crippen molar-refractivity contribution in [3.8, 4) is 5.75 Å². The smallest absolute Gasteiger partial charge is 0.232 e. The number of hydrogen-bond acceptors (Lipinski definition) is 8. The van der Waals surface area contributed by atoms with E-state index in [1.54, 1.807) is 12.3 Å². The van der Waals surface area contributed by atoms with E-state index in [0.717, 1.165) is 31.7 Å². The highest BCUT2D eigenvalue weighted by atomic mass is 35.5. The second kappa shape index (κ2) is 10.7. The molecule has 1 aromatic heterocycles. The molecular formula is C24H31ClN4O4. The van der Waals surface area contributed by atoms with Gasteiger partial charge in [0.05, 0.1) is 11.2 Å². The van der Waals surface area contributed by atoms with E-state index in [9.17, 15) is 4.79 Å². The second-order valence-electron chi connectivity index (χ2n) is 8.52. The maximum Gasteiger partial charge on any atom is 0.232 e. The van der Waals surface area contributed by atoms with E-state index >= 15 is 0 Å². The Hall–Kier alpha value is -2.42. The lowest BCUT2D eigenvalue weighted by atomic mass is 9.75. The van der Waals surface area contributed by atoms with E-state index in [4.69, 9.17) is 25.6 Å². The molecule has 0 spiro atoms. The third-order valence-electron chi connectivity index (χ3n) is 6.61. The first-order valence-corrected chi connectivity index (χ1v) is 12.0. The minimum atomic E-state index is -0.869. The molecule has 0 saturated heterocycles. The van der Waals surface area contributed by atoms with E-state index in [2.05, 4.69) is 34.2 Å². The number of oxazole rings is 1. The van der Waals surface area contributed by atoms with Crippen LogP contribution >= 0.6 is 11.6 Å². The summed E-state index contributed by atoms with van der Waals surface area (Å²) in [5, 5.41) is 0.451. The Labute approximate surface area is 199 Å². The maximum atomic E-state index is 10.9. The van der Waals surface area contributed by atoms with Gasteiger partial charge in [-0.05, 0) is 44.1 Å². The molecule has 2 unspecified atom stereocenters. The molecule has 178 valence electrons. The quantitative estimate of drug-likeness (QED) is 0.512. The van der Waals surface area contributed by atoms with Gasteiger partial charge in [-0.2, -0.15) is 0 Å². The summed E-state index contributed by atoms with van der Waals surface area (Å²) in [6.07, 6.45) is 8.73. The van der Waals surface area contributed by atoms with Crippen LogP contribution in [0.5, 0.6) is 5.75 Å². The third-order valence-corrected chi connectivity index (χ3v) is 6.92. The largest absolute Gasteiger partial charge is 0.478 e. The van der Waals surface area contributed by atoms with Crippen molar-refractivity contribution in [1.82, 2.24) is 15.4 Å². The van der Waals surface area contributed by atoms with Gasteiger partial charge in [0.1, 0.15) is 5.75 Å². The number of amidine groups is 1. The molecule has 4 rings (SSSR count). The summed E-state index contributed by atoms with van der Waals surface area (Å²) >= 11 is 6.61. The van der Waals surface area contributed by atoms with Crippen LogP contribution in [0, 0.1) is 5.92 Å². The molecular weight excluding hydrogens is 444 g/mol. The lowest BCUT2D eigenvalue weighted by Gasteiger charge is -2.43. The number of benzene rings is 1. The fraction of sp³-hybridized carbons (Fsp3) is 0.542. The molecule has 2 aromatic rings. The normalized spacial score (nSPS) is 20.8. The standard InChI is InChI=1S/C24H31ClN4O4/c1-3-29(4-2)15-24(21-13-26-16-31-21,17-8-6-5-7-9-17)32-18-10-11-19(20(25)12-18)23-27-22(14-30)33-28-23/h10-14,16-17,22H,3-9,15H2,1-2H3,(H,27,28). The number of carbonyl (C=O) groups excluding carboxylic acids is 1.